The molecule has 0 radical (unpaired) electrons. The lowest BCUT2D eigenvalue weighted by atomic mass is 9.77. The molecule has 16 nitrogen and oxygen atoms in total. The summed E-state index contributed by atoms with van der Waals surface area (Å²) in [5.74, 6) is -0.548. The monoisotopic (exact) mass is 1220 g/mol. The standard InChI is InChI=1S/C66H58N8O8S4/c1-64(2,3)81-63(78)70-62-68-53(42-85-62)55(72-82-66(48-29-17-8-18-30-48,49-31-19-9-20-32-49)50-33-21-10-22-34-50)58(75)69-56-59(76)73-57(61(77)80-52-37-35-51(79-4)36-38-52)44(41-84-60(56)73)40-83-43-86-54-39-67-74(71-54)65(45-23-11-5-12-24-45,46-25-13-6-14-26-46)47-27-15-7-16-28-47/h5-39,42,56,60H,40-41,43H2,1-4H3,(H,69,75)(H,68,70,78)/b72-55-/t56-,60-/m1/s1. The molecule has 86 heavy (non-hydrogen) atoms. The minimum absolute atomic E-state index is 0.0489. The molecule has 7 aromatic carbocycles. The van der Waals surface area contributed by atoms with Crippen LogP contribution in [0.4, 0.5) is 9.93 Å². The molecule has 3 amide bonds. The predicted octanol–water partition coefficient (Wildman–Crippen LogP) is 12.4. The van der Waals surface area contributed by atoms with Crippen molar-refractivity contribution in [1.29, 1.82) is 0 Å². The number of β-lactam (4-membered cyclic amide) rings is 1. The van der Waals surface area contributed by atoms with Gasteiger partial charge in [0.1, 0.15) is 44.9 Å². The van der Waals surface area contributed by atoms with Crippen LogP contribution in [-0.4, -0.2) is 95.2 Å². The Bertz CT molecular complexity index is 3700. The number of nitrogens with one attached hydrogen (secondary N) is 2. The van der Waals surface area contributed by atoms with Crippen molar-refractivity contribution in [3.8, 4) is 11.5 Å². The lowest BCUT2D eigenvalue weighted by Gasteiger charge is -2.49. The highest BCUT2D eigenvalue weighted by Crippen LogP contribution is 2.45. The average Bonchev–Trinajstić information content (AvgIpc) is 1.25. The van der Waals surface area contributed by atoms with E-state index in [1.54, 1.807) is 80.3 Å². The Hall–Kier alpha value is -8.95. The van der Waals surface area contributed by atoms with Gasteiger partial charge < -0.3 is 24.4 Å². The number of ether oxygens (including phenoxy) is 3. The maximum absolute atomic E-state index is 15.1. The minimum atomic E-state index is -1.40. The Labute approximate surface area is 514 Å². The van der Waals surface area contributed by atoms with Crippen LogP contribution in [0.15, 0.2) is 239 Å². The number of amides is 3. The van der Waals surface area contributed by atoms with Gasteiger partial charge >= 0.3 is 12.1 Å². The van der Waals surface area contributed by atoms with Crippen LogP contribution in [0.1, 0.15) is 59.8 Å². The highest BCUT2D eigenvalue weighted by molar-refractivity contribution is 8.16. The van der Waals surface area contributed by atoms with E-state index in [-0.39, 0.29) is 28.0 Å². The molecule has 11 rings (SSSR count). The largest absolute Gasteiger partial charge is 0.497 e. The van der Waals surface area contributed by atoms with Gasteiger partial charge in [-0.3, -0.25) is 19.8 Å². The minimum Gasteiger partial charge on any atom is -0.497 e. The van der Waals surface area contributed by atoms with E-state index in [1.807, 2.05) is 146 Å². The lowest BCUT2D eigenvalue weighted by Crippen LogP contribution is -2.71. The molecule has 9 aromatic rings. The van der Waals surface area contributed by atoms with Crippen molar-refractivity contribution in [2.24, 2.45) is 5.16 Å². The maximum Gasteiger partial charge on any atom is 0.413 e. The van der Waals surface area contributed by atoms with E-state index in [2.05, 4.69) is 57.2 Å². The van der Waals surface area contributed by atoms with Crippen molar-refractivity contribution in [2.75, 3.05) is 29.0 Å². The van der Waals surface area contributed by atoms with Crippen molar-refractivity contribution < 1.29 is 38.2 Å². The number of anilines is 1. The third-order valence-electron chi connectivity index (χ3n) is 14.1. The van der Waals surface area contributed by atoms with E-state index in [4.69, 9.17) is 29.2 Å². The zero-order valence-electron chi connectivity index (χ0n) is 47.1. The molecule has 0 aliphatic carbocycles. The van der Waals surface area contributed by atoms with E-state index in [1.165, 1.54) is 28.4 Å². The van der Waals surface area contributed by atoms with Crippen molar-refractivity contribution in [1.82, 2.24) is 30.2 Å². The summed E-state index contributed by atoms with van der Waals surface area (Å²) in [4.78, 5) is 72.0. The van der Waals surface area contributed by atoms with E-state index in [9.17, 15) is 14.4 Å². The fourth-order valence-corrected chi connectivity index (χ4v) is 14.3. The summed E-state index contributed by atoms with van der Waals surface area (Å²) < 4.78 is 16.8. The number of esters is 1. The molecule has 20 heteroatoms. The van der Waals surface area contributed by atoms with Crippen LogP contribution < -0.4 is 20.1 Å². The number of carbonyl (C=O) groups excluding carboxylic acids is 4. The SMILES string of the molecule is COc1ccc(OC(=O)C2=C(CSCSc3cnn(C(c4ccccc4)(c4ccccc4)c4ccccc4)n3)CS[C@@H]3[C@H](NC(=O)/C(=N\OC(c4ccccc4)(c4ccccc4)c4ccccc4)c4csc(NC(=O)OC(C)(C)C)n4)C(=O)N23)cc1. The van der Waals surface area contributed by atoms with Gasteiger partial charge in [0.05, 0.1) is 13.3 Å². The van der Waals surface area contributed by atoms with Crippen molar-refractivity contribution >= 4 is 81.3 Å². The van der Waals surface area contributed by atoms with E-state index >= 15 is 4.79 Å². The molecule has 0 saturated carbocycles. The zero-order chi connectivity index (χ0) is 59.7. The Kier molecular flexibility index (Phi) is 17.9. The summed E-state index contributed by atoms with van der Waals surface area (Å²) in [5, 5.41) is 22.5. The van der Waals surface area contributed by atoms with Crippen molar-refractivity contribution in [2.45, 2.75) is 54.0 Å². The second-order valence-corrected chi connectivity index (χ2v) is 25.1. The summed E-state index contributed by atoms with van der Waals surface area (Å²) >= 11 is 5.52. The number of hydrogen-bond acceptors (Lipinski definition) is 16. The first kappa shape index (κ1) is 58.8. The molecule has 1 fully saturated rings. The van der Waals surface area contributed by atoms with Gasteiger partial charge in [0.25, 0.3) is 11.8 Å². The fourth-order valence-electron chi connectivity index (χ4n) is 10.2. The van der Waals surface area contributed by atoms with Gasteiger partial charge in [0, 0.05) is 38.7 Å². The molecule has 2 N–H and O–H groups in total. The second-order valence-electron chi connectivity index (χ2n) is 20.7. The number of oxime groups is 1. The van der Waals surface area contributed by atoms with Gasteiger partial charge in [-0.15, -0.1) is 40.0 Å². The van der Waals surface area contributed by atoms with Gasteiger partial charge in [-0.05, 0) is 67.3 Å². The second kappa shape index (κ2) is 26.1. The fraction of sp³-hybridized carbons (Fsp3) is 0.182. The van der Waals surface area contributed by atoms with Gasteiger partial charge in [0.2, 0.25) is 5.60 Å². The molecule has 2 aliphatic rings. The molecule has 4 heterocycles. The van der Waals surface area contributed by atoms with Crippen LogP contribution in [0.2, 0.25) is 0 Å². The van der Waals surface area contributed by atoms with Crippen LogP contribution in [0.25, 0.3) is 0 Å². The molecule has 2 atom stereocenters. The number of carbonyl (C=O) groups is 4. The summed E-state index contributed by atoms with van der Waals surface area (Å²) in [6.07, 6.45) is 1.02. The number of nitrogens with zero attached hydrogens (tertiary/aromatic N) is 6. The molecule has 0 spiro atoms. The smallest absolute Gasteiger partial charge is 0.413 e. The highest BCUT2D eigenvalue weighted by Gasteiger charge is 2.55. The van der Waals surface area contributed by atoms with Crippen LogP contribution >= 0.6 is 46.6 Å². The molecule has 0 unspecified atom stereocenters. The first-order valence-electron chi connectivity index (χ1n) is 27.4. The topological polar surface area (TPSA) is 188 Å². The highest BCUT2D eigenvalue weighted by atomic mass is 32.2. The quantitative estimate of drug-likeness (QED) is 0.00796. The van der Waals surface area contributed by atoms with Gasteiger partial charge in [-0.2, -0.15) is 9.90 Å². The number of hydrogen-bond donors (Lipinski definition) is 2. The molecule has 434 valence electrons. The molecule has 2 aliphatic heterocycles. The normalized spacial score (nSPS) is 15.2. The van der Waals surface area contributed by atoms with Crippen molar-refractivity contribution in [3.05, 3.63) is 268 Å². The molecule has 1 saturated heterocycles. The van der Waals surface area contributed by atoms with Gasteiger partial charge in [0.15, 0.2) is 16.4 Å². The average molecular weight is 1220 g/mol. The number of rotatable bonds is 21. The van der Waals surface area contributed by atoms with Gasteiger partial charge in [-0.25, -0.2) is 14.6 Å². The lowest BCUT2D eigenvalue weighted by molar-refractivity contribution is -0.149. The summed E-state index contributed by atoms with van der Waals surface area (Å²) in [6, 6.07) is 64.6. The van der Waals surface area contributed by atoms with Crippen molar-refractivity contribution in [3.63, 3.8) is 0 Å². The summed E-state index contributed by atoms with van der Waals surface area (Å²) in [6.45, 7) is 5.23. The number of benzene rings is 7. The summed E-state index contributed by atoms with van der Waals surface area (Å²) in [5.41, 5.74) is 2.56. The number of thioether (sulfide) groups is 3. The van der Waals surface area contributed by atoms with E-state index in [0.29, 0.717) is 49.6 Å². The Morgan fingerprint density at radius 1 is 0.698 bits per heavy atom. The van der Waals surface area contributed by atoms with E-state index in [0.717, 1.165) is 28.0 Å². The molecule has 0 bridgehead atoms. The molecule has 2 aromatic heterocycles. The van der Waals surface area contributed by atoms with Crippen LogP contribution in [0.5, 0.6) is 11.5 Å². The first-order valence-corrected chi connectivity index (χ1v) is 31.4. The number of aromatic nitrogens is 4. The number of thiazole rings is 1. The maximum atomic E-state index is 15.1. The van der Waals surface area contributed by atoms with Crippen LogP contribution in [0, 0.1) is 0 Å². The third-order valence-corrected chi connectivity index (χ3v) is 18.4. The Morgan fingerprint density at radius 2 is 1.21 bits per heavy atom. The first-order chi connectivity index (χ1) is 41.8. The number of methoxy groups -OCH3 is 1. The van der Waals surface area contributed by atoms with Gasteiger partial charge in [-0.1, -0.05) is 199 Å². The molecular formula is C66H58N8O8S4. The third kappa shape index (κ3) is 12.4. The Balaban J connectivity index is 0.876. The zero-order valence-corrected chi connectivity index (χ0v) is 50.4. The number of fused-ring (bicyclic) bond motifs is 1. The van der Waals surface area contributed by atoms with E-state index < -0.39 is 52.0 Å². The summed E-state index contributed by atoms with van der Waals surface area (Å²) in [7, 11) is 1.54. The molecular weight excluding hydrogens is 1160 g/mol. The van der Waals surface area contributed by atoms with Crippen LogP contribution in [0.3, 0.4) is 0 Å². The predicted molar refractivity (Wildman–Crippen MR) is 337 cm³/mol. The van der Waals surface area contributed by atoms with Crippen LogP contribution in [-0.2, 0) is 35.1 Å². The Morgan fingerprint density at radius 3 is 1.72 bits per heavy atom.